The molecule has 3 rings (SSSR count). The Bertz CT molecular complexity index is 910. The number of halogens is 1. The summed E-state index contributed by atoms with van der Waals surface area (Å²) in [5.41, 5.74) is 1.73. The molecule has 0 unspecified atom stereocenters. The molecule has 3 aromatic rings. The molecule has 0 aliphatic rings. The molecule has 0 amide bonds. The molecule has 0 saturated heterocycles. The van der Waals surface area contributed by atoms with Crippen LogP contribution in [0.5, 0.6) is 5.75 Å². The Morgan fingerprint density at radius 2 is 2.05 bits per heavy atom. The molecule has 0 saturated carbocycles. The lowest BCUT2D eigenvalue weighted by Crippen LogP contribution is -2.23. The van der Waals surface area contributed by atoms with Crippen LogP contribution in [0.3, 0.4) is 0 Å². The van der Waals surface area contributed by atoms with Crippen molar-refractivity contribution in [3.63, 3.8) is 0 Å². The highest BCUT2D eigenvalue weighted by molar-refractivity contribution is 6.30. The van der Waals surface area contributed by atoms with Crippen molar-refractivity contribution in [2.24, 2.45) is 0 Å². The van der Waals surface area contributed by atoms with Crippen molar-refractivity contribution < 1.29 is 13.9 Å². The molecule has 5 nitrogen and oxygen atoms in total. The van der Waals surface area contributed by atoms with Gasteiger partial charge in [0.25, 0.3) is 0 Å². The highest BCUT2D eigenvalue weighted by Crippen LogP contribution is 2.22. The van der Waals surface area contributed by atoms with Crippen molar-refractivity contribution in [3.8, 4) is 5.75 Å². The van der Waals surface area contributed by atoms with Crippen LogP contribution in [0.4, 0.5) is 0 Å². The first-order valence-corrected chi connectivity index (χ1v) is 6.97. The Labute approximate surface area is 130 Å². The largest absolute Gasteiger partial charge is 0.425 e. The van der Waals surface area contributed by atoms with Gasteiger partial charge < -0.3 is 9.15 Å². The Morgan fingerprint density at radius 1 is 1.27 bits per heavy atom. The number of esters is 1. The number of ether oxygens (including phenoxy) is 1. The standard InChI is InChI=1S/C16H12ClNO4/c1-10-8-11(17)6-7-13(10)21-15(19)9-18-12-4-2-3-5-14(12)22-16(18)20/h2-8H,9H2,1H3. The molecule has 0 bridgehead atoms. The quantitative estimate of drug-likeness (QED) is 0.550. The summed E-state index contributed by atoms with van der Waals surface area (Å²) in [5.74, 6) is -0.736. The number of aromatic nitrogens is 1. The summed E-state index contributed by atoms with van der Waals surface area (Å²) in [6, 6.07) is 11.8. The van der Waals surface area contributed by atoms with Crippen LogP contribution in [0.15, 0.2) is 51.7 Å². The number of fused-ring (bicyclic) bond motifs is 1. The molecule has 1 heterocycles. The van der Waals surface area contributed by atoms with Gasteiger partial charge in [-0.05, 0) is 42.8 Å². The molecule has 2 aromatic carbocycles. The second-order valence-electron chi connectivity index (χ2n) is 4.81. The number of hydrogen-bond donors (Lipinski definition) is 0. The lowest BCUT2D eigenvalue weighted by Gasteiger charge is -2.07. The predicted octanol–water partition coefficient (Wildman–Crippen LogP) is 3.16. The molecule has 0 spiro atoms. The van der Waals surface area contributed by atoms with Gasteiger partial charge in [0.1, 0.15) is 12.3 Å². The van der Waals surface area contributed by atoms with E-state index in [1.54, 1.807) is 49.4 Å². The normalized spacial score (nSPS) is 10.8. The molecule has 0 fully saturated rings. The first-order valence-electron chi connectivity index (χ1n) is 6.60. The number of oxazole rings is 1. The third-order valence-corrected chi connectivity index (χ3v) is 3.46. The van der Waals surface area contributed by atoms with Crippen LogP contribution in [-0.2, 0) is 11.3 Å². The lowest BCUT2D eigenvalue weighted by molar-refractivity contribution is -0.135. The first-order chi connectivity index (χ1) is 10.5. The second-order valence-corrected chi connectivity index (χ2v) is 5.24. The van der Waals surface area contributed by atoms with E-state index in [1.165, 1.54) is 4.57 Å². The fraction of sp³-hybridized carbons (Fsp3) is 0.125. The summed E-state index contributed by atoms with van der Waals surface area (Å²) in [5, 5.41) is 0.564. The van der Waals surface area contributed by atoms with Crippen molar-refractivity contribution in [1.29, 1.82) is 0 Å². The van der Waals surface area contributed by atoms with E-state index in [-0.39, 0.29) is 6.54 Å². The Morgan fingerprint density at radius 3 is 2.82 bits per heavy atom. The van der Waals surface area contributed by atoms with Gasteiger partial charge in [-0.3, -0.25) is 4.57 Å². The molecule has 6 heteroatoms. The molecule has 0 aliphatic carbocycles. The van der Waals surface area contributed by atoms with Crippen LogP contribution in [-0.4, -0.2) is 10.5 Å². The van der Waals surface area contributed by atoms with Gasteiger partial charge in [-0.2, -0.15) is 0 Å². The third-order valence-electron chi connectivity index (χ3n) is 3.22. The maximum Gasteiger partial charge on any atom is 0.420 e. The number of nitrogens with zero attached hydrogens (tertiary/aromatic N) is 1. The number of aryl methyl sites for hydroxylation is 1. The van der Waals surface area contributed by atoms with Crippen LogP contribution >= 0.6 is 11.6 Å². The van der Waals surface area contributed by atoms with Crippen molar-refractivity contribution in [3.05, 3.63) is 63.6 Å². The number of carbonyl (C=O) groups is 1. The van der Waals surface area contributed by atoms with E-state index in [0.717, 1.165) is 5.56 Å². The van der Waals surface area contributed by atoms with Crippen LogP contribution < -0.4 is 10.5 Å². The van der Waals surface area contributed by atoms with Gasteiger partial charge in [0, 0.05) is 5.02 Å². The van der Waals surface area contributed by atoms with Gasteiger partial charge in [-0.15, -0.1) is 0 Å². The fourth-order valence-electron chi connectivity index (χ4n) is 2.18. The van der Waals surface area contributed by atoms with E-state index in [0.29, 0.717) is 21.9 Å². The number of rotatable bonds is 3. The molecule has 0 N–H and O–H groups in total. The SMILES string of the molecule is Cc1cc(Cl)ccc1OC(=O)Cn1c(=O)oc2ccccc21. The maximum atomic E-state index is 12.1. The Kier molecular flexibility index (Phi) is 3.73. The molecule has 1 aromatic heterocycles. The second kappa shape index (κ2) is 5.69. The van der Waals surface area contributed by atoms with E-state index in [4.69, 9.17) is 20.8 Å². The summed E-state index contributed by atoms with van der Waals surface area (Å²) < 4.78 is 11.6. The number of carbonyl (C=O) groups excluding carboxylic acids is 1. The molecule has 112 valence electrons. The predicted molar refractivity (Wildman–Crippen MR) is 82.3 cm³/mol. The van der Waals surface area contributed by atoms with Crippen molar-refractivity contribution in [1.82, 2.24) is 4.57 Å². The highest BCUT2D eigenvalue weighted by atomic mass is 35.5. The van der Waals surface area contributed by atoms with E-state index in [2.05, 4.69) is 0 Å². The zero-order valence-electron chi connectivity index (χ0n) is 11.7. The van der Waals surface area contributed by atoms with E-state index in [1.807, 2.05) is 0 Å². The summed E-state index contributed by atoms with van der Waals surface area (Å²) in [4.78, 5) is 23.9. The van der Waals surface area contributed by atoms with Gasteiger partial charge in [-0.1, -0.05) is 23.7 Å². The lowest BCUT2D eigenvalue weighted by atomic mass is 10.2. The van der Waals surface area contributed by atoms with E-state index in [9.17, 15) is 9.59 Å². The fourth-order valence-corrected chi connectivity index (χ4v) is 2.40. The summed E-state index contributed by atoms with van der Waals surface area (Å²) in [6.07, 6.45) is 0. The molecule has 0 radical (unpaired) electrons. The van der Waals surface area contributed by atoms with Crippen molar-refractivity contribution >= 4 is 28.7 Å². The van der Waals surface area contributed by atoms with Crippen LogP contribution in [0.2, 0.25) is 5.02 Å². The zero-order valence-corrected chi connectivity index (χ0v) is 12.5. The maximum absolute atomic E-state index is 12.1. The molecular weight excluding hydrogens is 306 g/mol. The Balaban J connectivity index is 1.84. The monoisotopic (exact) mass is 317 g/mol. The minimum atomic E-state index is -0.592. The highest BCUT2D eigenvalue weighted by Gasteiger charge is 2.14. The number of hydrogen-bond acceptors (Lipinski definition) is 4. The van der Waals surface area contributed by atoms with Gasteiger partial charge in [0.05, 0.1) is 5.52 Å². The average Bonchev–Trinajstić information content (AvgIpc) is 2.78. The van der Waals surface area contributed by atoms with Gasteiger partial charge in [-0.25, -0.2) is 9.59 Å². The Hall–Kier alpha value is -2.53. The summed E-state index contributed by atoms with van der Waals surface area (Å²) in [7, 11) is 0. The van der Waals surface area contributed by atoms with Crippen LogP contribution in [0.1, 0.15) is 5.56 Å². The molecule has 0 atom stereocenters. The first kappa shape index (κ1) is 14.4. The van der Waals surface area contributed by atoms with Crippen LogP contribution in [0, 0.1) is 6.92 Å². The molecular formula is C16H12ClNO4. The average molecular weight is 318 g/mol. The van der Waals surface area contributed by atoms with Gasteiger partial charge in [0.2, 0.25) is 0 Å². The third kappa shape index (κ3) is 2.76. The summed E-state index contributed by atoms with van der Waals surface area (Å²) in [6.45, 7) is 1.56. The number of benzene rings is 2. The van der Waals surface area contributed by atoms with Gasteiger partial charge >= 0.3 is 11.7 Å². The van der Waals surface area contributed by atoms with Crippen molar-refractivity contribution in [2.75, 3.05) is 0 Å². The summed E-state index contributed by atoms with van der Waals surface area (Å²) >= 11 is 5.86. The molecule has 0 aliphatic heterocycles. The van der Waals surface area contributed by atoms with Crippen molar-refractivity contribution in [2.45, 2.75) is 13.5 Å². The van der Waals surface area contributed by atoms with Crippen LogP contribution in [0.25, 0.3) is 11.1 Å². The molecule has 22 heavy (non-hydrogen) atoms. The minimum absolute atomic E-state index is 0.224. The van der Waals surface area contributed by atoms with E-state index >= 15 is 0 Å². The zero-order chi connectivity index (χ0) is 15.7. The smallest absolute Gasteiger partial charge is 0.420 e. The topological polar surface area (TPSA) is 61.4 Å². The minimum Gasteiger partial charge on any atom is -0.425 e. The van der Waals surface area contributed by atoms with Gasteiger partial charge in [0.15, 0.2) is 5.58 Å². The van der Waals surface area contributed by atoms with E-state index < -0.39 is 11.7 Å². The number of para-hydroxylation sites is 2.